The first kappa shape index (κ1) is 33.6. The van der Waals surface area contributed by atoms with E-state index < -0.39 is 42.0 Å². The first-order valence-electron chi connectivity index (χ1n) is 15.2. The van der Waals surface area contributed by atoms with E-state index in [4.69, 9.17) is 9.47 Å². The van der Waals surface area contributed by atoms with E-state index in [0.717, 1.165) is 22.3 Å². The normalized spacial score (nSPS) is 14.5. The monoisotopic (exact) mass is 593 g/mol. The van der Waals surface area contributed by atoms with Gasteiger partial charge in [0.05, 0.1) is 7.11 Å². The first-order chi connectivity index (χ1) is 20.4. The second-order valence-electron chi connectivity index (χ2n) is 12.6. The van der Waals surface area contributed by atoms with Crippen molar-refractivity contribution in [2.45, 2.75) is 84.8 Å². The van der Waals surface area contributed by atoms with Crippen LogP contribution in [0.2, 0.25) is 0 Å². The molecule has 0 radical (unpaired) electrons. The Hall–Kier alpha value is -3.88. The highest BCUT2D eigenvalue weighted by molar-refractivity contribution is 5.93. The summed E-state index contributed by atoms with van der Waals surface area (Å²) in [5.41, 5.74) is 4.44. The highest BCUT2D eigenvalue weighted by Gasteiger charge is 2.32. The third-order valence-corrected chi connectivity index (χ3v) is 7.51. The van der Waals surface area contributed by atoms with Crippen LogP contribution in [0.4, 0.5) is 4.79 Å². The molecule has 0 bridgehead atoms. The lowest BCUT2D eigenvalue weighted by Gasteiger charge is -2.27. The van der Waals surface area contributed by atoms with Gasteiger partial charge >= 0.3 is 12.1 Å². The lowest BCUT2D eigenvalue weighted by molar-refractivity contribution is -0.146. The van der Waals surface area contributed by atoms with E-state index in [1.807, 2.05) is 77.9 Å². The van der Waals surface area contributed by atoms with Crippen molar-refractivity contribution in [1.29, 1.82) is 0 Å². The molecule has 0 saturated carbocycles. The molecule has 3 amide bonds. The van der Waals surface area contributed by atoms with Crippen LogP contribution in [0.1, 0.15) is 77.8 Å². The lowest BCUT2D eigenvalue weighted by Crippen LogP contribution is -2.56. The van der Waals surface area contributed by atoms with Crippen LogP contribution in [0.15, 0.2) is 48.5 Å². The van der Waals surface area contributed by atoms with E-state index in [0.29, 0.717) is 19.3 Å². The van der Waals surface area contributed by atoms with Crippen molar-refractivity contribution in [3.8, 4) is 11.1 Å². The molecule has 0 unspecified atom stereocenters. The number of carbonyl (C=O) groups excluding carboxylic acids is 4. The van der Waals surface area contributed by atoms with Gasteiger partial charge < -0.3 is 25.4 Å². The lowest BCUT2D eigenvalue weighted by atomic mass is 9.98. The summed E-state index contributed by atoms with van der Waals surface area (Å²) in [6.45, 7) is 11.8. The van der Waals surface area contributed by atoms with Crippen LogP contribution in [0.3, 0.4) is 0 Å². The number of carbonyl (C=O) groups is 4. The maximum absolute atomic E-state index is 13.5. The van der Waals surface area contributed by atoms with Gasteiger partial charge in [0.1, 0.15) is 24.7 Å². The van der Waals surface area contributed by atoms with E-state index in [1.165, 1.54) is 7.11 Å². The zero-order valence-corrected chi connectivity index (χ0v) is 26.4. The number of methoxy groups -OCH3 is 1. The summed E-state index contributed by atoms with van der Waals surface area (Å²) in [5.74, 6) is -1.30. The molecule has 1 aliphatic rings. The molecule has 3 N–H and O–H groups in total. The molecule has 1 aliphatic carbocycles. The number of alkyl carbamates (subject to hydrolysis) is 1. The Bertz CT molecular complexity index is 1230. The molecule has 3 rings (SSSR count). The number of ether oxygens (including phenoxy) is 2. The largest absolute Gasteiger partial charge is 0.467 e. The minimum atomic E-state index is -0.912. The quantitative estimate of drug-likeness (QED) is 0.260. The zero-order valence-electron chi connectivity index (χ0n) is 26.4. The molecule has 2 aromatic rings. The SMILES string of the molecule is COC(=O)[C@H](CC(C)C)NC(=O)[C@H](CC(C)C)NC(=O)[C@H](CC(C)C)NC(=O)OCC1c2ccccc2-c2ccccc21. The molecular weight excluding hydrogens is 546 g/mol. The summed E-state index contributed by atoms with van der Waals surface area (Å²) in [5, 5.41) is 8.32. The van der Waals surface area contributed by atoms with Crippen LogP contribution in [-0.2, 0) is 23.9 Å². The van der Waals surface area contributed by atoms with E-state index in [2.05, 4.69) is 28.1 Å². The number of hydrogen-bond donors (Lipinski definition) is 3. The van der Waals surface area contributed by atoms with Crippen LogP contribution in [0, 0.1) is 17.8 Å². The number of esters is 1. The van der Waals surface area contributed by atoms with Gasteiger partial charge in [0.25, 0.3) is 0 Å². The van der Waals surface area contributed by atoms with Crippen LogP contribution < -0.4 is 16.0 Å². The summed E-state index contributed by atoms with van der Waals surface area (Å²) in [6, 6.07) is 13.5. The van der Waals surface area contributed by atoms with Gasteiger partial charge in [-0.15, -0.1) is 0 Å². The fourth-order valence-electron chi connectivity index (χ4n) is 5.56. The molecule has 43 heavy (non-hydrogen) atoms. The standard InChI is InChI=1S/C34H47N3O6/c1-20(2)16-28(31(38)36-30(18-22(5)6)33(40)42-7)35-32(39)29(17-21(3)4)37-34(41)43-19-27-25-14-10-8-12-23(25)24-13-9-11-15-26(24)27/h8-15,20-22,27-30H,16-19H2,1-7H3,(H,35,39)(H,36,38)(H,37,41)/t28-,29-,30-/m0/s1. The van der Waals surface area contributed by atoms with Gasteiger partial charge in [-0.2, -0.15) is 0 Å². The number of nitrogens with one attached hydrogen (secondary N) is 3. The summed E-state index contributed by atoms with van der Waals surface area (Å²) < 4.78 is 10.6. The van der Waals surface area contributed by atoms with Gasteiger partial charge in [-0.25, -0.2) is 9.59 Å². The van der Waals surface area contributed by atoms with E-state index in [9.17, 15) is 19.2 Å². The fourth-order valence-corrected chi connectivity index (χ4v) is 5.56. The molecule has 9 nitrogen and oxygen atoms in total. The van der Waals surface area contributed by atoms with E-state index in [1.54, 1.807) is 0 Å². The van der Waals surface area contributed by atoms with Crippen molar-refractivity contribution in [3.05, 3.63) is 59.7 Å². The third-order valence-electron chi connectivity index (χ3n) is 7.51. The molecule has 0 aromatic heterocycles. The third kappa shape index (κ3) is 9.30. The van der Waals surface area contributed by atoms with Crippen molar-refractivity contribution in [2.24, 2.45) is 17.8 Å². The Balaban J connectivity index is 1.69. The van der Waals surface area contributed by atoms with Crippen molar-refractivity contribution < 1.29 is 28.7 Å². The zero-order chi connectivity index (χ0) is 31.7. The first-order valence-corrected chi connectivity index (χ1v) is 15.2. The van der Waals surface area contributed by atoms with Crippen molar-refractivity contribution in [1.82, 2.24) is 16.0 Å². The summed E-state index contributed by atoms with van der Waals surface area (Å²) in [4.78, 5) is 52.1. The number of hydrogen-bond acceptors (Lipinski definition) is 6. The Morgan fingerprint density at radius 1 is 0.651 bits per heavy atom. The number of benzene rings is 2. The minimum Gasteiger partial charge on any atom is -0.467 e. The Kier molecular flexibility index (Phi) is 12.2. The van der Waals surface area contributed by atoms with Crippen LogP contribution in [0.5, 0.6) is 0 Å². The topological polar surface area (TPSA) is 123 Å². The van der Waals surface area contributed by atoms with Crippen LogP contribution in [0.25, 0.3) is 11.1 Å². The van der Waals surface area contributed by atoms with E-state index >= 15 is 0 Å². The molecule has 2 aromatic carbocycles. The number of rotatable bonds is 14. The molecule has 0 heterocycles. The highest BCUT2D eigenvalue weighted by atomic mass is 16.5. The fraction of sp³-hybridized carbons (Fsp3) is 0.529. The van der Waals surface area contributed by atoms with Gasteiger partial charge in [-0.1, -0.05) is 90.1 Å². The van der Waals surface area contributed by atoms with Gasteiger partial charge in [-0.3, -0.25) is 9.59 Å². The molecule has 0 aliphatic heterocycles. The predicted molar refractivity (Wildman–Crippen MR) is 166 cm³/mol. The van der Waals surface area contributed by atoms with Crippen molar-refractivity contribution in [2.75, 3.05) is 13.7 Å². The molecule has 9 heteroatoms. The maximum atomic E-state index is 13.5. The highest BCUT2D eigenvalue weighted by Crippen LogP contribution is 2.44. The summed E-state index contributed by atoms with van der Waals surface area (Å²) in [6.07, 6.45) is 0.409. The molecule has 3 atom stereocenters. The van der Waals surface area contributed by atoms with Gasteiger partial charge in [0.2, 0.25) is 11.8 Å². The van der Waals surface area contributed by atoms with E-state index in [-0.39, 0.29) is 30.3 Å². The average Bonchev–Trinajstić information content (AvgIpc) is 3.27. The average molecular weight is 594 g/mol. The summed E-state index contributed by atoms with van der Waals surface area (Å²) >= 11 is 0. The van der Waals surface area contributed by atoms with Crippen LogP contribution in [-0.4, -0.2) is 55.7 Å². The van der Waals surface area contributed by atoms with Crippen molar-refractivity contribution in [3.63, 3.8) is 0 Å². The van der Waals surface area contributed by atoms with Crippen LogP contribution >= 0.6 is 0 Å². The summed E-state index contributed by atoms with van der Waals surface area (Å²) in [7, 11) is 1.28. The maximum Gasteiger partial charge on any atom is 0.407 e. The Morgan fingerprint density at radius 2 is 1.07 bits per heavy atom. The smallest absolute Gasteiger partial charge is 0.407 e. The molecular formula is C34H47N3O6. The van der Waals surface area contributed by atoms with Crippen molar-refractivity contribution >= 4 is 23.9 Å². The predicted octanol–water partition coefficient (Wildman–Crippen LogP) is 5.17. The molecule has 0 fully saturated rings. The van der Waals surface area contributed by atoms with Gasteiger partial charge in [0.15, 0.2) is 0 Å². The molecule has 0 saturated heterocycles. The molecule has 234 valence electrons. The van der Waals surface area contributed by atoms with Gasteiger partial charge in [-0.05, 0) is 59.3 Å². The van der Waals surface area contributed by atoms with Gasteiger partial charge in [0, 0.05) is 5.92 Å². The number of fused-ring (bicyclic) bond motifs is 3. The number of amides is 3. The Morgan fingerprint density at radius 3 is 1.53 bits per heavy atom. The molecule has 0 spiro atoms. The second-order valence-corrected chi connectivity index (χ2v) is 12.6. The minimum absolute atomic E-state index is 0.0800. The Labute approximate surface area is 255 Å². The second kappa shape index (κ2) is 15.5.